The van der Waals surface area contributed by atoms with Crippen LogP contribution in [0.15, 0.2) is 59.5 Å². The normalized spacial score (nSPS) is 13.0. The third kappa shape index (κ3) is 3.12. The Morgan fingerprint density at radius 2 is 1.45 bits per heavy atom. The van der Waals surface area contributed by atoms with Gasteiger partial charge < -0.3 is 15.6 Å². The Balaban J connectivity index is 1.79. The Labute approximate surface area is 169 Å². The van der Waals surface area contributed by atoms with Crippen LogP contribution in [0.3, 0.4) is 0 Å². The summed E-state index contributed by atoms with van der Waals surface area (Å²) in [7, 11) is 1.39. The van der Waals surface area contributed by atoms with Crippen LogP contribution in [0.25, 0.3) is 0 Å². The summed E-state index contributed by atoms with van der Waals surface area (Å²) in [6.07, 6.45) is 0. The van der Waals surface area contributed by atoms with Crippen molar-refractivity contribution in [1.29, 1.82) is 0 Å². The van der Waals surface area contributed by atoms with Crippen LogP contribution in [0.2, 0.25) is 0 Å². The molecule has 0 bridgehead atoms. The number of anilines is 1. The number of halogens is 1. The number of aromatic hydroxyl groups is 1. The second-order valence-corrected chi connectivity index (χ2v) is 8.84. The molecule has 3 aromatic carbocycles. The zero-order chi connectivity index (χ0) is 20.9. The van der Waals surface area contributed by atoms with Gasteiger partial charge in [-0.3, -0.25) is 9.59 Å². The summed E-state index contributed by atoms with van der Waals surface area (Å²) >= 11 is 0. The van der Waals surface area contributed by atoms with E-state index in [-0.39, 0.29) is 44.3 Å². The highest BCUT2D eigenvalue weighted by Crippen LogP contribution is 2.42. The lowest BCUT2D eigenvalue weighted by atomic mass is 9.82. The van der Waals surface area contributed by atoms with E-state index >= 15 is 0 Å². The summed E-state index contributed by atoms with van der Waals surface area (Å²) in [5, 5.41) is 10.4. The first-order valence-electron chi connectivity index (χ1n) is 8.25. The molecule has 3 aromatic rings. The molecule has 4 rings (SSSR count). The Hall–Kier alpha value is -3.36. The van der Waals surface area contributed by atoms with Crippen molar-refractivity contribution in [3.05, 3.63) is 76.9 Å². The van der Waals surface area contributed by atoms with E-state index in [0.29, 0.717) is 0 Å². The predicted octanol–water partition coefficient (Wildman–Crippen LogP) is 3.47. The molecule has 0 aromatic heterocycles. The van der Waals surface area contributed by atoms with Crippen LogP contribution in [0.4, 0.5) is 5.69 Å². The van der Waals surface area contributed by atoms with Gasteiger partial charge in [0.2, 0.25) is 0 Å². The largest absolute Gasteiger partial charge is 0.507 e. The van der Waals surface area contributed by atoms with Crippen LogP contribution in [0, 0.1) is 0 Å². The van der Waals surface area contributed by atoms with E-state index in [4.69, 9.17) is 21.2 Å². The van der Waals surface area contributed by atoms with E-state index < -0.39 is 26.4 Å². The van der Waals surface area contributed by atoms with E-state index in [1.54, 1.807) is 12.1 Å². The number of carbonyl (C=O) groups excluding carboxylic acids is 2. The Bertz CT molecular complexity index is 1300. The first-order chi connectivity index (χ1) is 13.7. The average molecular weight is 430 g/mol. The molecule has 9 heteroatoms. The predicted molar refractivity (Wildman–Crippen MR) is 105 cm³/mol. The minimum atomic E-state index is -3.89. The first-order valence-corrected chi connectivity index (χ1v) is 10.6. The Kier molecular flexibility index (Phi) is 4.33. The topological polar surface area (TPSA) is 124 Å². The van der Waals surface area contributed by atoms with Crippen molar-refractivity contribution < 1.29 is 27.9 Å². The highest BCUT2D eigenvalue weighted by molar-refractivity contribution is 8.13. The maximum atomic E-state index is 12.9. The summed E-state index contributed by atoms with van der Waals surface area (Å²) < 4.78 is 28.3. The van der Waals surface area contributed by atoms with Gasteiger partial charge in [-0.2, -0.15) is 0 Å². The Morgan fingerprint density at radius 3 is 2.00 bits per heavy atom. The molecule has 0 spiro atoms. The van der Waals surface area contributed by atoms with Crippen molar-refractivity contribution in [2.75, 3.05) is 5.73 Å². The second kappa shape index (κ2) is 6.61. The summed E-state index contributed by atoms with van der Waals surface area (Å²) in [5.74, 6) is -1.32. The van der Waals surface area contributed by atoms with Crippen LogP contribution in [0.1, 0.15) is 31.8 Å². The van der Waals surface area contributed by atoms with E-state index in [0.717, 1.165) is 6.07 Å². The van der Waals surface area contributed by atoms with E-state index in [9.17, 15) is 23.1 Å². The number of carbonyl (C=O) groups is 2. The average Bonchev–Trinajstić information content (AvgIpc) is 2.68. The smallest absolute Gasteiger partial charge is 0.261 e. The minimum absolute atomic E-state index is 0.0525. The van der Waals surface area contributed by atoms with E-state index in [1.165, 1.54) is 36.4 Å². The van der Waals surface area contributed by atoms with Crippen molar-refractivity contribution in [3.63, 3.8) is 0 Å². The summed E-state index contributed by atoms with van der Waals surface area (Å²) in [4.78, 5) is 25.5. The number of nitrogen functional groups attached to an aromatic ring is 1. The van der Waals surface area contributed by atoms with Crippen molar-refractivity contribution >= 4 is 37.0 Å². The van der Waals surface area contributed by atoms with Gasteiger partial charge in [-0.25, -0.2) is 8.42 Å². The number of hydrogen-bond donors (Lipinski definition) is 2. The zero-order valence-electron chi connectivity index (χ0n) is 14.5. The van der Waals surface area contributed by atoms with Crippen molar-refractivity contribution in [2.24, 2.45) is 0 Å². The van der Waals surface area contributed by atoms with Gasteiger partial charge in [-0.1, -0.05) is 24.3 Å². The van der Waals surface area contributed by atoms with Gasteiger partial charge in [-0.05, 0) is 24.3 Å². The molecule has 1 aliphatic rings. The van der Waals surface area contributed by atoms with Crippen LogP contribution in [-0.4, -0.2) is 25.1 Å². The van der Waals surface area contributed by atoms with Gasteiger partial charge in [0.1, 0.15) is 11.5 Å². The van der Waals surface area contributed by atoms with Gasteiger partial charge >= 0.3 is 0 Å². The van der Waals surface area contributed by atoms with Gasteiger partial charge in [0, 0.05) is 27.9 Å². The molecule has 0 fully saturated rings. The molecule has 0 atom stereocenters. The first kappa shape index (κ1) is 19.0. The number of hydrogen-bond acceptors (Lipinski definition) is 7. The third-order valence-electron chi connectivity index (χ3n) is 4.51. The molecule has 3 N–H and O–H groups in total. The molecule has 0 amide bonds. The molecular weight excluding hydrogens is 418 g/mol. The lowest BCUT2D eigenvalue weighted by Gasteiger charge is -2.21. The molecule has 0 unspecified atom stereocenters. The maximum Gasteiger partial charge on any atom is 0.261 e. The number of benzene rings is 3. The van der Waals surface area contributed by atoms with Gasteiger partial charge in [0.05, 0.1) is 21.7 Å². The molecule has 0 saturated heterocycles. The number of phenols is 1. The van der Waals surface area contributed by atoms with Crippen LogP contribution in [0.5, 0.6) is 17.2 Å². The molecule has 0 radical (unpaired) electrons. The maximum absolute atomic E-state index is 12.9. The number of ether oxygens (including phenoxy) is 1. The lowest BCUT2D eigenvalue weighted by molar-refractivity contribution is 0.0977. The highest BCUT2D eigenvalue weighted by Gasteiger charge is 2.35. The molecule has 7 nitrogen and oxygen atoms in total. The molecule has 0 aliphatic heterocycles. The summed E-state index contributed by atoms with van der Waals surface area (Å²) in [5.41, 5.74) is 6.05. The fraction of sp³-hybridized carbons (Fsp3) is 0. The van der Waals surface area contributed by atoms with Crippen LogP contribution in [-0.2, 0) is 9.05 Å². The minimum Gasteiger partial charge on any atom is -0.507 e. The van der Waals surface area contributed by atoms with Crippen LogP contribution >= 0.6 is 10.7 Å². The quantitative estimate of drug-likeness (QED) is 0.290. The molecular formula is C20H12ClNO6S. The molecule has 0 heterocycles. The second-order valence-electron chi connectivity index (χ2n) is 6.27. The molecule has 1 aliphatic carbocycles. The van der Waals surface area contributed by atoms with Crippen molar-refractivity contribution in [3.8, 4) is 17.2 Å². The van der Waals surface area contributed by atoms with Gasteiger partial charge in [0.25, 0.3) is 9.05 Å². The zero-order valence-corrected chi connectivity index (χ0v) is 16.1. The number of phenolic OH excluding ortho intramolecular Hbond substituents is 1. The third-order valence-corrected chi connectivity index (χ3v) is 5.88. The van der Waals surface area contributed by atoms with Gasteiger partial charge in [0.15, 0.2) is 17.3 Å². The number of fused-ring (bicyclic) bond motifs is 2. The summed E-state index contributed by atoms with van der Waals surface area (Å²) in [6, 6.07) is 12.5. The highest BCUT2D eigenvalue weighted by atomic mass is 35.7. The van der Waals surface area contributed by atoms with Crippen molar-refractivity contribution in [2.45, 2.75) is 4.90 Å². The van der Waals surface area contributed by atoms with Crippen LogP contribution < -0.4 is 10.5 Å². The monoisotopic (exact) mass is 429 g/mol. The lowest BCUT2D eigenvalue weighted by Crippen LogP contribution is -2.22. The Morgan fingerprint density at radius 1 is 0.897 bits per heavy atom. The molecule has 0 saturated carbocycles. The van der Waals surface area contributed by atoms with E-state index in [1.807, 2.05) is 0 Å². The number of ketones is 2. The standard InChI is InChI=1S/C20H12ClNO6S/c21-29(26,27)11-7-5-10(6-8-11)28-15-9-14(23)16-17(18(15)22)20(25)13-4-2-1-3-12(13)19(16)24/h1-9,23H,22H2. The van der Waals surface area contributed by atoms with Crippen molar-refractivity contribution in [1.82, 2.24) is 0 Å². The fourth-order valence-corrected chi connectivity index (χ4v) is 3.93. The fourth-order valence-electron chi connectivity index (χ4n) is 3.16. The SMILES string of the molecule is Nc1c(Oc2ccc(S(=O)(=O)Cl)cc2)cc(O)c2c1C(=O)c1ccccc1C2=O. The van der Waals surface area contributed by atoms with Gasteiger partial charge in [-0.15, -0.1) is 0 Å². The summed E-state index contributed by atoms with van der Waals surface area (Å²) in [6.45, 7) is 0. The molecule has 146 valence electrons. The molecule has 29 heavy (non-hydrogen) atoms. The number of nitrogens with two attached hydrogens (primary N) is 1. The van der Waals surface area contributed by atoms with E-state index in [2.05, 4.69) is 0 Å². The number of rotatable bonds is 3.